The van der Waals surface area contributed by atoms with E-state index in [1.807, 2.05) is 0 Å². The van der Waals surface area contributed by atoms with Gasteiger partial charge in [0, 0.05) is 24.8 Å². The first-order valence-electron chi connectivity index (χ1n) is 6.73. The van der Waals surface area contributed by atoms with Gasteiger partial charge in [-0.05, 0) is 11.5 Å². The molecule has 0 atom stereocenters. The Bertz CT molecular complexity index is 799. The molecule has 0 aliphatic carbocycles. The van der Waals surface area contributed by atoms with Crippen LogP contribution >= 0.6 is 0 Å². The van der Waals surface area contributed by atoms with Gasteiger partial charge < -0.3 is 9.47 Å². The van der Waals surface area contributed by atoms with Crippen molar-refractivity contribution in [3.8, 4) is 0 Å². The molecular weight excluding hydrogens is 287 g/mol. The van der Waals surface area contributed by atoms with Crippen LogP contribution in [0.2, 0.25) is 0 Å². The van der Waals surface area contributed by atoms with Crippen LogP contribution in [0.4, 0.5) is 4.39 Å². The lowest BCUT2D eigenvalue weighted by Crippen LogP contribution is -2.41. The van der Waals surface area contributed by atoms with Crippen molar-refractivity contribution in [2.45, 2.75) is 19.6 Å². The highest BCUT2D eigenvalue weighted by Gasteiger charge is 2.38. The van der Waals surface area contributed by atoms with E-state index >= 15 is 0 Å². The molecular formula is C17H13FO4. The van der Waals surface area contributed by atoms with E-state index in [-0.39, 0.29) is 11.1 Å². The summed E-state index contributed by atoms with van der Waals surface area (Å²) in [5.41, 5.74) is -0.198. The maximum absolute atomic E-state index is 14.5. The second-order valence-corrected chi connectivity index (χ2v) is 5.43. The van der Waals surface area contributed by atoms with E-state index in [4.69, 9.17) is 9.47 Å². The molecule has 0 N–H and O–H groups in total. The van der Waals surface area contributed by atoms with E-state index in [2.05, 4.69) is 0 Å². The lowest BCUT2D eigenvalue weighted by molar-refractivity contribution is -0.222. The quantitative estimate of drug-likeness (QED) is 0.461. The summed E-state index contributed by atoms with van der Waals surface area (Å²) in [6.07, 6.45) is 1.15. The van der Waals surface area contributed by atoms with E-state index in [1.54, 1.807) is 30.3 Å². The van der Waals surface area contributed by atoms with Crippen LogP contribution < -0.4 is 0 Å². The van der Waals surface area contributed by atoms with Crippen LogP contribution in [0, 0.1) is 5.82 Å². The molecule has 4 nitrogen and oxygen atoms in total. The van der Waals surface area contributed by atoms with Crippen molar-refractivity contribution < 1.29 is 23.5 Å². The largest absolute Gasteiger partial charge is 0.419 e. The number of hydrogen-bond acceptors (Lipinski definition) is 4. The lowest BCUT2D eigenvalue weighted by atomic mass is 10.0. The molecule has 112 valence electrons. The van der Waals surface area contributed by atoms with Crippen molar-refractivity contribution in [1.82, 2.24) is 0 Å². The predicted molar refractivity (Wildman–Crippen MR) is 78.1 cm³/mol. The van der Waals surface area contributed by atoms with Gasteiger partial charge in [0.2, 0.25) is 0 Å². The first-order valence-corrected chi connectivity index (χ1v) is 6.73. The molecule has 1 heterocycles. The molecule has 0 saturated carbocycles. The molecule has 0 aromatic heterocycles. The molecule has 0 unspecified atom stereocenters. The smallest absolute Gasteiger partial charge is 0.348 e. The Labute approximate surface area is 126 Å². The van der Waals surface area contributed by atoms with Crippen LogP contribution in [0.5, 0.6) is 0 Å². The summed E-state index contributed by atoms with van der Waals surface area (Å²) in [5.74, 6) is -3.47. The Hall–Kier alpha value is -2.69. The number of hydrogen-bond donors (Lipinski definition) is 0. The van der Waals surface area contributed by atoms with Crippen LogP contribution in [-0.4, -0.2) is 17.7 Å². The van der Waals surface area contributed by atoms with Crippen LogP contribution in [0.25, 0.3) is 16.8 Å². The fourth-order valence-corrected chi connectivity index (χ4v) is 2.30. The summed E-state index contributed by atoms with van der Waals surface area (Å²) >= 11 is 0. The Balaban J connectivity index is 2.07. The topological polar surface area (TPSA) is 52.6 Å². The van der Waals surface area contributed by atoms with Crippen molar-refractivity contribution in [2.75, 3.05) is 0 Å². The molecule has 2 aromatic rings. The fourth-order valence-electron chi connectivity index (χ4n) is 2.30. The monoisotopic (exact) mass is 300 g/mol. The minimum Gasteiger partial charge on any atom is -0.419 e. The highest BCUT2D eigenvalue weighted by atomic mass is 19.1. The molecule has 3 rings (SSSR count). The van der Waals surface area contributed by atoms with Gasteiger partial charge in [-0.3, -0.25) is 0 Å². The maximum Gasteiger partial charge on any atom is 0.348 e. The third-order valence-corrected chi connectivity index (χ3v) is 3.31. The second-order valence-electron chi connectivity index (χ2n) is 5.43. The number of benzene rings is 2. The molecule has 1 aliphatic rings. The van der Waals surface area contributed by atoms with Gasteiger partial charge in [-0.2, -0.15) is 0 Å². The average molecular weight is 300 g/mol. The molecule has 1 fully saturated rings. The van der Waals surface area contributed by atoms with Gasteiger partial charge in [0.1, 0.15) is 11.4 Å². The third-order valence-electron chi connectivity index (χ3n) is 3.31. The van der Waals surface area contributed by atoms with Gasteiger partial charge >= 0.3 is 11.9 Å². The Morgan fingerprint density at radius 1 is 1.00 bits per heavy atom. The predicted octanol–water partition coefficient (Wildman–Crippen LogP) is 3.20. The van der Waals surface area contributed by atoms with Gasteiger partial charge in [-0.25, -0.2) is 14.0 Å². The average Bonchev–Trinajstić information content (AvgIpc) is 2.44. The molecule has 1 saturated heterocycles. The van der Waals surface area contributed by atoms with E-state index in [1.165, 1.54) is 19.9 Å². The van der Waals surface area contributed by atoms with E-state index in [0.717, 1.165) is 11.5 Å². The highest BCUT2D eigenvalue weighted by molar-refractivity contribution is 6.19. The highest BCUT2D eigenvalue weighted by Crippen LogP contribution is 2.27. The van der Waals surface area contributed by atoms with Gasteiger partial charge in [0.15, 0.2) is 0 Å². The molecule has 0 radical (unpaired) electrons. The Morgan fingerprint density at radius 2 is 1.64 bits per heavy atom. The second kappa shape index (κ2) is 4.94. The number of ether oxygens (including phenoxy) is 2. The molecule has 22 heavy (non-hydrogen) atoms. The molecule has 5 heteroatoms. The number of carbonyl (C=O) groups excluding carboxylic acids is 2. The van der Waals surface area contributed by atoms with Crippen molar-refractivity contribution >= 4 is 28.8 Å². The Kier molecular flexibility index (Phi) is 3.20. The third kappa shape index (κ3) is 2.45. The molecule has 1 aliphatic heterocycles. The van der Waals surface area contributed by atoms with Gasteiger partial charge in [-0.1, -0.05) is 36.4 Å². The summed E-state index contributed by atoms with van der Waals surface area (Å²) in [5, 5.41) is 1.15. The van der Waals surface area contributed by atoms with Gasteiger partial charge in [0.05, 0.1) is 0 Å². The maximum atomic E-state index is 14.5. The van der Waals surface area contributed by atoms with Crippen LogP contribution in [0.15, 0.2) is 42.0 Å². The number of cyclic esters (lactones) is 2. The van der Waals surface area contributed by atoms with Crippen LogP contribution in [-0.2, 0) is 19.1 Å². The first kappa shape index (κ1) is 14.3. The number of esters is 2. The fraction of sp³-hybridized carbons (Fsp3) is 0.176. The summed E-state index contributed by atoms with van der Waals surface area (Å²) in [7, 11) is 0. The minimum absolute atomic E-state index is 0.127. The summed E-state index contributed by atoms with van der Waals surface area (Å²) in [6, 6.07) is 10.2. The number of halogens is 1. The van der Waals surface area contributed by atoms with Crippen molar-refractivity contribution in [3.05, 3.63) is 53.4 Å². The summed E-state index contributed by atoms with van der Waals surface area (Å²) in [6.45, 7) is 2.91. The number of fused-ring (bicyclic) bond motifs is 1. The molecule has 0 amide bonds. The first-order chi connectivity index (χ1) is 10.4. The zero-order valence-corrected chi connectivity index (χ0v) is 12.1. The SMILES string of the molecule is CC1(C)OC(=O)C(=Cc2ccc3ccccc3c2F)C(=O)O1. The molecule has 0 bridgehead atoms. The van der Waals surface area contributed by atoms with Crippen LogP contribution in [0.1, 0.15) is 19.4 Å². The Morgan fingerprint density at radius 3 is 2.32 bits per heavy atom. The minimum atomic E-state index is -1.31. The van der Waals surface area contributed by atoms with E-state index in [9.17, 15) is 14.0 Å². The van der Waals surface area contributed by atoms with Crippen molar-refractivity contribution in [2.24, 2.45) is 0 Å². The standard InChI is InChI=1S/C17H13FO4/c1-17(2)21-15(19)13(16(20)22-17)9-11-8-7-10-5-3-4-6-12(10)14(11)18/h3-9H,1-2H3. The van der Waals surface area contributed by atoms with Crippen LogP contribution in [0.3, 0.4) is 0 Å². The normalized spacial score (nSPS) is 17.1. The van der Waals surface area contributed by atoms with Gasteiger partial charge in [0.25, 0.3) is 5.79 Å². The zero-order chi connectivity index (χ0) is 15.9. The summed E-state index contributed by atoms with van der Waals surface area (Å²) in [4.78, 5) is 23.8. The number of rotatable bonds is 1. The van der Waals surface area contributed by atoms with Gasteiger partial charge in [-0.15, -0.1) is 0 Å². The van der Waals surface area contributed by atoms with E-state index < -0.39 is 23.5 Å². The summed E-state index contributed by atoms with van der Waals surface area (Å²) < 4.78 is 24.4. The van der Waals surface area contributed by atoms with E-state index in [0.29, 0.717) is 5.39 Å². The van der Waals surface area contributed by atoms with Crippen molar-refractivity contribution in [3.63, 3.8) is 0 Å². The van der Waals surface area contributed by atoms with Crippen molar-refractivity contribution in [1.29, 1.82) is 0 Å². The zero-order valence-electron chi connectivity index (χ0n) is 12.1. The lowest BCUT2D eigenvalue weighted by Gasteiger charge is -2.29. The molecule has 2 aromatic carbocycles. The molecule has 0 spiro atoms. The number of carbonyl (C=O) groups is 2.